The summed E-state index contributed by atoms with van der Waals surface area (Å²) in [6.07, 6.45) is 1.46. The lowest BCUT2D eigenvalue weighted by Gasteiger charge is -2.09. The van der Waals surface area contributed by atoms with Crippen molar-refractivity contribution in [2.45, 2.75) is 26.9 Å². The van der Waals surface area contributed by atoms with Gasteiger partial charge in [0, 0.05) is 16.1 Å². The first-order valence-electron chi connectivity index (χ1n) is 10.2. The van der Waals surface area contributed by atoms with E-state index in [0.717, 1.165) is 16.5 Å². The van der Waals surface area contributed by atoms with Crippen LogP contribution in [0.25, 0.3) is 21.9 Å². The maximum absolute atomic E-state index is 13.5. The molecule has 0 fully saturated rings. The van der Waals surface area contributed by atoms with Crippen molar-refractivity contribution < 1.29 is 9.32 Å². The Morgan fingerprint density at radius 1 is 1.15 bits per heavy atom. The van der Waals surface area contributed by atoms with E-state index in [2.05, 4.69) is 20.4 Å². The number of hydrogen-bond donors (Lipinski definition) is 1. The maximum atomic E-state index is 13.5. The number of nitrogens with one attached hydrogen (secondary N) is 1. The van der Waals surface area contributed by atoms with Gasteiger partial charge in [-0.25, -0.2) is 4.98 Å². The lowest BCUT2D eigenvalue weighted by molar-refractivity contribution is -0.116. The standard InChI is InChI=1S/C23H19ClN6O3/c1-13-3-8-18-17(9-13)21-22(23(32)29(12-25-21)11-20-26-14(2)28-33-20)30(18)10-19(31)27-16-6-4-15(24)5-7-16/h3-9,12H,10-11H2,1-2H3,(H,27,31). The molecular weight excluding hydrogens is 444 g/mol. The Balaban J connectivity index is 1.60. The molecule has 33 heavy (non-hydrogen) atoms. The fourth-order valence-corrected chi connectivity index (χ4v) is 3.94. The Kier molecular flexibility index (Phi) is 5.18. The summed E-state index contributed by atoms with van der Waals surface area (Å²) in [7, 11) is 0. The molecule has 0 bridgehead atoms. The number of fused-ring (bicyclic) bond motifs is 3. The lowest BCUT2D eigenvalue weighted by atomic mass is 10.1. The second-order valence-corrected chi connectivity index (χ2v) is 8.21. The van der Waals surface area contributed by atoms with Crippen LogP contribution in [0.3, 0.4) is 0 Å². The zero-order chi connectivity index (χ0) is 23.1. The zero-order valence-electron chi connectivity index (χ0n) is 17.9. The highest BCUT2D eigenvalue weighted by atomic mass is 35.5. The van der Waals surface area contributed by atoms with Crippen LogP contribution in [0, 0.1) is 13.8 Å². The van der Waals surface area contributed by atoms with Crippen molar-refractivity contribution >= 4 is 45.1 Å². The summed E-state index contributed by atoms with van der Waals surface area (Å²) in [5, 5.41) is 7.99. The molecule has 2 aromatic carbocycles. The SMILES string of the molecule is Cc1ccc2c(c1)c1ncn(Cc3nc(C)no3)c(=O)c1n2CC(=O)Nc1ccc(Cl)cc1. The van der Waals surface area contributed by atoms with Crippen LogP contribution in [-0.2, 0) is 17.9 Å². The number of carbonyl (C=O) groups excluding carboxylic acids is 1. The van der Waals surface area contributed by atoms with E-state index in [9.17, 15) is 9.59 Å². The van der Waals surface area contributed by atoms with E-state index in [4.69, 9.17) is 16.1 Å². The van der Waals surface area contributed by atoms with Gasteiger partial charge in [-0.3, -0.25) is 14.2 Å². The Labute approximate surface area is 192 Å². The van der Waals surface area contributed by atoms with E-state index in [1.54, 1.807) is 35.8 Å². The maximum Gasteiger partial charge on any atom is 0.278 e. The number of rotatable bonds is 5. The molecule has 166 valence electrons. The second kappa shape index (κ2) is 8.18. The van der Waals surface area contributed by atoms with Gasteiger partial charge in [-0.2, -0.15) is 4.98 Å². The van der Waals surface area contributed by atoms with Gasteiger partial charge in [-0.05, 0) is 50.2 Å². The molecule has 0 saturated heterocycles. The van der Waals surface area contributed by atoms with Crippen LogP contribution in [0.5, 0.6) is 0 Å². The molecule has 0 aliphatic rings. The molecule has 5 rings (SSSR count). The first-order valence-corrected chi connectivity index (χ1v) is 10.6. The molecule has 10 heteroatoms. The molecule has 3 aromatic heterocycles. The van der Waals surface area contributed by atoms with E-state index in [1.165, 1.54) is 10.9 Å². The zero-order valence-corrected chi connectivity index (χ0v) is 18.6. The number of amides is 1. The second-order valence-electron chi connectivity index (χ2n) is 7.77. The minimum Gasteiger partial charge on any atom is -0.337 e. The molecule has 3 heterocycles. The molecule has 5 aromatic rings. The van der Waals surface area contributed by atoms with Crippen molar-refractivity contribution in [1.82, 2.24) is 24.3 Å². The van der Waals surface area contributed by atoms with Gasteiger partial charge >= 0.3 is 0 Å². The number of anilines is 1. The Bertz CT molecular complexity index is 1570. The van der Waals surface area contributed by atoms with Crippen molar-refractivity contribution in [2.24, 2.45) is 0 Å². The Morgan fingerprint density at radius 2 is 1.94 bits per heavy atom. The van der Waals surface area contributed by atoms with Crippen LogP contribution in [-0.4, -0.2) is 30.2 Å². The van der Waals surface area contributed by atoms with E-state index >= 15 is 0 Å². The minimum absolute atomic E-state index is 0.0632. The first-order chi connectivity index (χ1) is 15.9. The van der Waals surface area contributed by atoms with E-state index in [0.29, 0.717) is 33.5 Å². The average molecular weight is 463 g/mol. The number of benzene rings is 2. The fourth-order valence-electron chi connectivity index (χ4n) is 3.82. The number of nitrogens with zero attached hydrogens (tertiary/aromatic N) is 5. The molecule has 1 N–H and O–H groups in total. The predicted molar refractivity (Wildman–Crippen MR) is 124 cm³/mol. The van der Waals surface area contributed by atoms with Gasteiger partial charge in [0.1, 0.15) is 24.1 Å². The fraction of sp³-hybridized carbons (Fsp3) is 0.174. The third-order valence-corrected chi connectivity index (χ3v) is 5.54. The molecule has 0 unspecified atom stereocenters. The van der Waals surface area contributed by atoms with Gasteiger partial charge in [-0.15, -0.1) is 0 Å². The van der Waals surface area contributed by atoms with Crippen LogP contribution in [0.1, 0.15) is 17.3 Å². The van der Waals surface area contributed by atoms with Crippen LogP contribution >= 0.6 is 11.6 Å². The summed E-state index contributed by atoms with van der Waals surface area (Å²) in [5.74, 6) is 0.504. The average Bonchev–Trinajstić information content (AvgIpc) is 3.33. The first kappa shape index (κ1) is 20.9. The highest BCUT2D eigenvalue weighted by Gasteiger charge is 2.19. The molecule has 9 nitrogen and oxygen atoms in total. The summed E-state index contributed by atoms with van der Waals surface area (Å²) < 4.78 is 8.24. The number of hydrogen-bond acceptors (Lipinski definition) is 6. The lowest BCUT2D eigenvalue weighted by Crippen LogP contribution is -2.25. The van der Waals surface area contributed by atoms with E-state index < -0.39 is 0 Å². The van der Waals surface area contributed by atoms with Gasteiger partial charge in [-0.1, -0.05) is 28.4 Å². The Hall–Kier alpha value is -3.98. The predicted octanol–water partition coefficient (Wildman–Crippen LogP) is 3.69. The number of aryl methyl sites for hydroxylation is 2. The van der Waals surface area contributed by atoms with Crippen LogP contribution in [0.4, 0.5) is 5.69 Å². The van der Waals surface area contributed by atoms with Gasteiger partial charge in [0.25, 0.3) is 5.56 Å². The summed E-state index contributed by atoms with van der Waals surface area (Å²) >= 11 is 5.92. The molecule has 1 amide bonds. The van der Waals surface area contributed by atoms with Crippen molar-refractivity contribution in [3.8, 4) is 0 Å². The molecule has 0 radical (unpaired) electrons. The quantitative estimate of drug-likeness (QED) is 0.426. The van der Waals surface area contributed by atoms with Crippen LogP contribution in [0.2, 0.25) is 5.02 Å². The number of carbonyl (C=O) groups is 1. The van der Waals surface area contributed by atoms with E-state index in [-0.39, 0.29) is 24.6 Å². The molecule has 0 aliphatic heterocycles. The molecule has 0 atom stereocenters. The minimum atomic E-state index is -0.302. The third-order valence-electron chi connectivity index (χ3n) is 5.29. The molecule has 0 saturated carbocycles. The summed E-state index contributed by atoms with van der Waals surface area (Å²) in [6.45, 7) is 3.69. The largest absolute Gasteiger partial charge is 0.337 e. The van der Waals surface area contributed by atoms with Gasteiger partial charge in [0.05, 0.1) is 11.8 Å². The normalized spacial score (nSPS) is 11.4. The summed E-state index contributed by atoms with van der Waals surface area (Å²) in [6, 6.07) is 12.6. The molecular formula is C23H19ClN6O3. The monoisotopic (exact) mass is 462 g/mol. The van der Waals surface area contributed by atoms with Crippen molar-refractivity contribution in [3.05, 3.63) is 81.4 Å². The molecule has 0 spiro atoms. The van der Waals surface area contributed by atoms with Crippen molar-refractivity contribution in [2.75, 3.05) is 5.32 Å². The molecule has 0 aliphatic carbocycles. The van der Waals surface area contributed by atoms with Crippen LogP contribution < -0.4 is 10.9 Å². The summed E-state index contributed by atoms with van der Waals surface area (Å²) in [4.78, 5) is 35.0. The van der Waals surface area contributed by atoms with E-state index in [1.807, 2.05) is 25.1 Å². The highest BCUT2D eigenvalue weighted by molar-refractivity contribution is 6.30. The van der Waals surface area contributed by atoms with Gasteiger partial charge in [0.15, 0.2) is 5.82 Å². The third kappa shape index (κ3) is 3.98. The number of halogens is 1. The van der Waals surface area contributed by atoms with Gasteiger partial charge in [0.2, 0.25) is 11.8 Å². The van der Waals surface area contributed by atoms with Gasteiger partial charge < -0.3 is 14.4 Å². The summed E-state index contributed by atoms with van der Waals surface area (Å²) in [5.41, 5.74) is 2.96. The highest BCUT2D eigenvalue weighted by Crippen LogP contribution is 2.26. The van der Waals surface area contributed by atoms with Crippen molar-refractivity contribution in [3.63, 3.8) is 0 Å². The topological polar surface area (TPSA) is 108 Å². The van der Waals surface area contributed by atoms with Crippen molar-refractivity contribution in [1.29, 1.82) is 0 Å². The number of aromatic nitrogens is 5. The van der Waals surface area contributed by atoms with Crippen LogP contribution in [0.15, 0.2) is 58.1 Å². The smallest absolute Gasteiger partial charge is 0.278 e. The Morgan fingerprint density at radius 3 is 2.67 bits per heavy atom.